The van der Waals surface area contributed by atoms with E-state index in [9.17, 15) is 4.79 Å². The molecule has 94 valence electrons. The van der Waals surface area contributed by atoms with Crippen molar-refractivity contribution in [1.29, 1.82) is 0 Å². The maximum Gasteiger partial charge on any atom is 0.368 e. The first-order chi connectivity index (χ1) is 9.29. The highest BCUT2D eigenvalue weighted by atomic mass is 16.5. The summed E-state index contributed by atoms with van der Waals surface area (Å²) >= 11 is 0. The summed E-state index contributed by atoms with van der Waals surface area (Å²) in [6.45, 7) is 0. The molecule has 2 aromatic heterocycles. The Morgan fingerprint density at radius 3 is 2.68 bits per heavy atom. The summed E-state index contributed by atoms with van der Waals surface area (Å²) in [4.78, 5) is 15.8. The van der Waals surface area contributed by atoms with E-state index in [1.165, 1.54) is 0 Å². The molecule has 0 spiro atoms. The van der Waals surface area contributed by atoms with Gasteiger partial charge in [0, 0.05) is 11.8 Å². The maximum absolute atomic E-state index is 11.6. The van der Waals surface area contributed by atoms with Gasteiger partial charge >= 0.3 is 5.63 Å². The zero-order valence-electron chi connectivity index (χ0n) is 10.2. The number of hydrogen-bond donors (Lipinski definition) is 0. The number of nitrogens with zero attached hydrogens (tertiary/aromatic N) is 2. The second-order valence-electron chi connectivity index (χ2n) is 3.95. The highest BCUT2D eigenvalue weighted by Gasteiger charge is 2.11. The number of ether oxygens (including phenoxy) is 1. The molecule has 0 saturated carbocycles. The Morgan fingerprint density at radius 1 is 1.16 bits per heavy atom. The molecule has 0 radical (unpaired) electrons. The molecule has 0 amide bonds. The van der Waals surface area contributed by atoms with Crippen LogP contribution in [0, 0.1) is 0 Å². The lowest BCUT2D eigenvalue weighted by molar-refractivity contribution is 0.380. The van der Waals surface area contributed by atoms with Crippen molar-refractivity contribution in [2.75, 3.05) is 7.11 Å². The lowest BCUT2D eigenvalue weighted by atomic mass is 10.1. The lowest BCUT2D eigenvalue weighted by Crippen LogP contribution is -2.03. The number of aromatic nitrogens is 2. The highest BCUT2D eigenvalue weighted by molar-refractivity contribution is 5.89. The van der Waals surface area contributed by atoms with E-state index in [2.05, 4.69) is 10.1 Å². The van der Waals surface area contributed by atoms with Crippen LogP contribution in [0.2, 0.25) is 0 Å². The van der Waals surface area contributed by atoms with Gasteiger partial charge in [-0.2, -0.15) is 0 Å². The molecule has 0 fully saturated rings. The summed E-state index contributed by atoms with van der Waals surface area (Å²) in [6.07, 6.45) is 1.62. The zero-order chi connectivity index (χ0) is 13.2. The summed E-state index contributed by atoms with van der Waals surface area (Å²) in [6, 6.07) is 10.7. The van der Waals surface area contributed by atoms with E-state index < -0.39 is 5.63 Å². The molecule has 0 unspecified atom stereocenters. The summed E-state index contributed by atoms with van der Waals surface area (Å²) in [7, 11) is 1.60. The van der Waals surface area contributed by atoms with Gasteiger partial charge in [0.15, 0.2) is 0 Å². The number of benzene rings is 1. The summed E-state index contributed by atoms with van der Waals surface area (Å²) in [5.41, 5.74) is 1.40. The molecular formula is C14H10N2O3. The Labute approximate surface area is 108 Å². The van der Waals surface area contributed by atoms with Gasteiger partial charge in [0.25, 0.3) is 0 Å². The fourth-order valence-electron chi connectivity index (χ4n) is 1.88. The number of rotatable bonds is 2. The minimum atomic E-state index is -0.486. The Bertz CT molecular complexity index is 779. The quantitative estimate of drug-likeness (QED) is 0.701. The first-order valence-electron chi connectivity index (χ1n) is 5.69. The average molecular weight is 254 g/mol. The molecular weight excluding hydrogens is 244 g/mol. The van der Waals surface area contributed by atoms with Crippen LogP contribution in [0.25, 0.3) is 22.2 Å². The molecule has 5 nitrogen and oxygen atoms in total. The topological polar surface area (TPSA) is 65.2 Å². The third-order valence-corrected chi connectivity index (χ3v) is 2.84. The van der Waals surface area contributed by atoms with Crippen LogP contribution < -0.4 is 10.4 Å². The molecule has 0 atom stereocenters. The van der Waals surface area contributed by atoms with Crippen LogP contribution in [0.3, 0.4) is 0 Å². The third-order valence-electron chi connectivity index (χ3n) is 2.84. The van der Waals surface area contributed by atoms with Crippen molar-refractivity contribution in [3.63, 3.8) is 0 Å². The molecule has 0 bridgehead atoms. The third kappa shape index (κ3) is 1.95. The minimum Gasteiger partial charge on any atom is -0.497 e. The second kappa shape index (κ2) is 4.53. The Hall–Kier alpha value is -2.69. The van der Waals surface area contributed by atoms with Gasteiger partial charge in [-0.3, -0.25) is 4.98 Å². The SMILES string of the molecule is COc1ccc(-c2noc(=O)c3cccnc23)cc1. The monoisotopic (exact) mass is 254 g/mol. The number of pyridine rings is 1. The van der Waals surface area contributed by atoms with Crippen molar-refractivity contribution < 1.29 is 9.26 Å². The minimum absolute atomic E-state index is 0.420. The van der Waals surface area contributed by atoms with Crippen LogP contribution >= 0.6 is 0 Å². The largest absolute Gasteiger partial charge is 0.497 e. The molecule has 3 aromatic rings. The Morgan fingerprint density at radius 2 is 1.95 bits per heavy atom. The van der Waals surface area contributed by atoms with Crippen LogP contribution in [0.15, 0.2) is 51.9 Å². The normalized spacial score (nSPS) is 10.6. The highest BCUT2D eigenvalue weighted by Crippen LogP contribution is 2.24. The zero-order valence-corrected chi connectivity index (χ0v) is 10.2. The average Bonchev–Trinajstić information content (AvgIpc) is 2.48. The summed E-state index contributed by atoms with van der Waals surface area (Å²) in [5.74, 6) is 0.749. The van der Waals surface area contributed by atoms with E-state index in [1.807, 2.05) is 24.3 Å². The molecule has 0 aliphatic rings. The summed E-state index contributed by atoms with van der Waals surface area (Å²) in [5, 5.41) is 4.26. The maximum atomic E-state index is 11.6. The van der Waals surface area contributed by atoms with Crippen molar-refractivity contribution in [3.05, 3.63) is 53.0 Å². The van der Waals surface area contributed by atoms with E-state index in [4.69, 9.17) is 9.26 Å². The molecule has 0 saturated heterocycles. The van der Waals surface area contributed by atoms with E-state index in [1.54, 1.807) is 25.4 Å². The molecule has 19 heavy (non-hydrogen) atoms. The van der Waals surface area contributed by atoms with Crippen molar-refractivity contribution >= 4 is 10.9 Å². The van der Waals surface area contributed by atoms with Gasteiger partial charge in [-0.1, -0.05) is 5.16 Å². The fraction of sp³-hybridized carbons (Fsp3) is 0.0714. The number of methoxy groups -OCH3 is 1. The van der Waals surface area contributed by atoms with Gasteiger partial charge in [0.1, 0.15) is 17.0 Å². The molecule has 3 rings (SSSR count). The van der Waals surface area contributed by atoms with Gasteiger partial charge in [-0.25, -0.2) is 4.79 Å². The van der Waals surface area contributed by atoms with Crippen LogP contribution in [0.1, 0.15) is 0 Å². The van der Waals surface area contributed by atoms with Crippen molar-refractivity contribution in [2.45, 2.75) is 0 Å². The van der Waals surface area contributed by atoms with Gasteiger partial charge < -0.3 is 9.26 Å². The van der Waals surface area contributed by atoms with Crippen LogP contribution in [0.5, 0.6) is 5.75 Å². The molecule has 0 aliphatic heterocycles. The van der Waals surface area contributed by atoms with Gasteiger partial charge in [-0.15, -0.1) is 0 Å². The smallest absolute Gasteiger partial charge is 0.368 e. The van der Waals surface area contributed by atoms with Gasteiger partial charge in [0.2, 0.25) is 0 Å². The molecule has 1 aromatic carbocycles. The van der Waals surface area contributed by atoms with E-state index in [0.717, 1.165) is 11.3 Å². The number of hydrogen-bond acceptors (Lipinski definition) is 5. The van der Waals surface area contributed by atoms with Crippen LogP contribution in [0.4, 0.5) is 0 Å². The second-order valence-corrected chi connectivity index (χ2v) is 3.95. The predicted molar refractivity (Wildman–Crippen MR) is 70.1 cm³/mol. The molecule has 0 aliphatic carbocycles. The van der Waals surface area contributed by atoms with Gasteiger partial charge in [0.05, 0.1) is 12.5 Å². The molecule has 5 heteroatoms. The first-order valence-corrected chi connectivity index (χ1v) is 5.69. The van der Waals surface area contributed by atoms with E-state index in [0.29, 0.717) is 16.6 Å². The first kappa shape index (κ1) is 11.4. The molecule has 0 N–H and O–H groups in total. The van der Waals surface area contributed by atoms with E-state index in [-0.39, 0.29) is 0 Å². The fourth-order valence-corrected chi connectivity index (χ4v) is 1.88. The van der Waals surface area contributed by atoms with Crippen molar-refractivity contribution in [1.82, 2.24) is 10.1 Å². The predicted octanol–water partition coefficient (Wildman–Crippen LogP) is 2.26. The Balaban J connectivity index is 2.24. The molecule has 2 heterocycles. The van der Waals surface area contributed by atoms with Crippen molar-refractivity contribution in [3.8, 4) is 17.0 Å². The lowest BCUT2D eigenvalue weighted by Gasteiger charge is -2.04. The van der Waals surface area contributed by atoms with Crippen molar-refractivity contribution in [2.24, 2.45) is 0 Å². The van der Waals surface area contributed by atoms with Crippen LogP contribution in [-0.4, -0.2) is 17.3 Å². The van der Waals surface area contributed by atoms with Crippen LogP contribution in [-0.2, 0) is 0 Å². The summed E-state index contributed by atoms with van der Waals surface area (Å²) < 4.78 is 9.91. The Kier molecular flexibility index (Phi) is 2.72. The number of fused-ring (bicyclic) bond motifs is 1. The van der Waals surface area contributed by atoms with E-state index >= 15 is 0 Å². The standard InChI is InChI=1S/C14H10N2O3/c1-18-10-6-4-9(5-7-10)12-13-11(3-2-8-15-13)14(17)19-16-12/h2-8H,1H3. The van der Waals surface area contributed by atoms with Gasteiger partial charge in [-0.05, 0) is 36.4 Å².